The normalized spacial score (nSPS) is 19.4. The average Bonchev–Trinajstić information content (AvgIpc) is 3.08. The number of aromatic nitrogens is 2. The van der Waals surface area contributed by atoms with Gasteiger partial charge in [-0.25, -0.2) is 8.42 Å². The standard InChI is InChI=1S/C22H33N3O3S/c1-21(2,3)14-19-23-24-20(28-19)16-8-7-13-25(15-16)29(26,27)18-11-9-17(10-12-18)22(4,5)6/h9-12,16H,7-8,13-15H2,1-6H3. The highest BCUT2D eigenvalue weighted by atomic mass is 32.2. The van der Waals surface area contributed by atoms with E-state index in [1.807, 2.05) is 12.1 Å². The van der Waals surface area contributed by atoms with Crippen molar-refractivity contribution in [2.75, 3.05) is 13.1 Å². The lowest BCUT2D eigenvalue weighted by Gasteiger charge is -2.30. The number of sulfonamides is 1. The van der Waals surface area contributed by atoms with Crippen molar-refractivity contribution in [2.24, 2.45) is 5.41 Å². The third-order valence-corrected chi connectivity index (χ3v) is 7.13. The fourth-order valence-electron chi connectivity index (χ4n) is 3.59. The van der Waals surface area contributed by atoms with Crippen LogP contribution in [0.25, 0.3) is 0 Å². The number of nitrogens with zero attached hydrogens (tertiary/aromatic N) is 3. The molecule has 1 saturated heterocycles. The fourth-order valence-corrected chi connectivity index (χ4v) is 5.12. The van der Waals surface area contributed by atoms with Crippen molar-refractivity contribution < 1.29 is 12.8 Å². The lowest BCUT2D eigenvalue weighted by atomic mass is 9.87. The van der Waals surface area contributed by atoms with Crippen molar-refractivity contribution in [1.82, 2.24) is 14.5 Å². The largest absolute Gasteiger partial charge is 0.425 e. The van der Waals surface area contributed by atoms with E-state index in [1.54, 1.807) is 16.4 Å². The van der Waals surface area contributed by atoms with Gasteiger partial charge in [0.05, 0.1) is 10.8 Å². The van der Waals surface area contributed by atoms with E-state index < -0.39 is 10.0 Å². The molecule has 2 heterocycles. The van der Waals surface area contributed by atoms with Crippen molar-refractivity contribution in [3.8, 4) is 0 Å². The Morgan fingerprint density at radius 3 is 2.31 bits per heavy atom. The SMILES string of the molecule is CC(C)(C)Cc1nnc(C2CCCN(S(=O)(=O)c3ccc(C(C)(C)C)cc3)C2)o1. The number of hydrogen-bond donors (Lipinski definition) is 0. The summed E-state index contributed by atoms with van der Waals surface area (Å²) in [5, 5.41) is 8.38. The fraction of sp³-hybridized carbons (Fsp3) is 0.636. The molecule has 0 amide bonds. The van der Waals surface area contributed by atoms with Gasteiger partial charge < -0.3 is 4.42 Å². The van der Waals surface area contributed by atoms with Crippen LogP contribution in [0.5, 0.6) is 0 Å². The van der Waals surface area contributed by atoms with Gasteiger partial charge in [-0.3, -0.25) is 0 Å². The highest BCUT2D eigenvalue weighted by Gasteiger charge is 2.33. The van der Waals surface area contributed by atoms with Crippen LogP contribution in [0.1, 0.15) is 77.6 Å². The molecule has 0 spiro atoms. The van der Waals surface area contributed by atoms with Crippen LogP contribution in [-0.4, -0.2) is 36.0 Å². The molecule has 6 nitrogen and oxygen atoms in total. The van der Waals surface area contributed by atoms with Crippen molar-refractivity contribution in [1.29, 1.82) is 0 Å². The lowest BCUT2D eigenvalue weighted by Crippen LogP contribution is -2.39. The molecule has 1 unspecified atom stereocenters. The summed E-state index contributed by atoms with van der Waals surface area (Å²) in [5.74, 6) is 1.10. The maximum atomic E-state index is 13.2. The molecule has 0 N–H and O–H groups in total. The molecule has 0 bridgehead atoms. The molecule has 0 saturated carbocycles. The highest BCUT2D eigenvalue weighted by Crippen LogP contribution is 2.31. The minimum Gasteiger partial charge on any atom is -0.425 e. The maximum Gasteiger partial charge on any atom is 0.243 e. The molecule has 7 heteroatoms. The summed E-state index contributed by atoms with van der Waals surface area (Å²) < 4.78 is 33.8. The van der Waals surface area contributed by atoms with Gasteiger partial charge in [0, 0.05) is 19.5 Å². The van der Waals surface area contributed by atoms with Gasteiger partial charge in [-0.1, -0.05) is 53.7 Å². The lowest BCUT2D eigenvalue weighted by molar-refractivity contribution is 0.274. The first-order valence-electron chi connectivity index (χ1n) is 10.3. The predicted molar refractivity (Wildman–Crippen MR) is 113 cm³/mol. The Morgan fingerprint density at radius 1 is 1.07 bits per heavy atom. The third-order valence-electron chi connectivity index (χ3n) is 5.26. The molecular formula is C22H33N3O3S. The summed E-state index contributed by atoms with van der Waals surface area (Å²) in [4.78, 5) is 0.338. The first-order valence-corrected chi connectivity index (χ1v) is 11.7. The Bertz CT molecular complexity index is 935. The van der Waals surface area contributed by atoms with Gasteiger partial charge in [0.15, 0.2) is 0 Å². The van der Waals surface area contributed by atoms with E-state index in [9.17, 15) is 8.42 Å². The summed E-state index contributed by atoms with van der Waals surface area (Å²) in [7, 11) is -3.54. The number of rotatable bonds is 4. The quantitative estimate of drug-likeness (QED) is 0.728. The molecule has 160 valence electrons. The van der Waals surface area contributed by atoms with Gasteiger partial charge in [-0.15, -0.1) is 10.2 Å². The zero-order valence-corrected chi connectivity index (χ0v) is 19.2. The second-order valence-corrected chi connectivity index (χ2v) is 12.2. The van der Waals surface area contributed by atoms with Gasteiger partial charge in [0.25, 0.3) is 0 Å². The number of hydrogen-bond acceptors (Lipinski definition) is 5. The summed E-state index contributed by atoms with van der Waals surface area (Å²) >= 11 is 0. The summed E-state index contributed by atoms with van der Waals surface area (Å²) in [6.45, 7) is 13.6. The van der Waals surface area contributed by atoms with Crippen LogP contribution < -0.4 is 0 Å². The third kappa shape index (κ3) is 5.25. The zero-order valence-electron chi connectivity index (χ0n) is 18.4. The van der Waals surface area contributed by atoms with Crippen LogP contribution in [0.4, 0.5) is 0 Å². The molecule has 2 aromatic rings. The van der Waals surface area contributed by atoms with Gasteiger partial charge in [-0.05, 0) is 41.4 Å². The van der Waals surface area contributed by atoms with E-state index in [0.717, 1.165) is 18.4 Å². The Morgan fingerprint density at radius 2 is 1.72 bits per heavy atom. The molecule has 0 radical (unpaired) electrons. The monoisotopic (exact) mass is 419 g/mol. The Hall–Kier alpha value is -1.73. The first-order chi connectivity index (χ1) is 13.4. The van der Waals surface area contributed by atoms with Crippen molar-refractivity contribution >= 4 is 10.0 Å². The molecule has 0 aliphatic carbocycles. The molecule has 1 aromatic heterocycles. The van der Waals surface area contributed by atoms with Gasteiger partial charge in [-0.2, -0.15) is 4.31 Å². The Balaban J connectivity index is 1.76. The zero-order chi connectivity index (χ0) is 21.4. The topological polar surface area (TPSA) is 76.3 Å². The maximum absolute atomic E-state index is 13.2. The van der Waals surface area contributed by atoms with E-state index in [-0.39, 0.29) is 16.7 Å². The van der Waals surface area contributed by atoms with Crippen LogP contribution in [-0.2, 0) is 21.9 Å². The molecular weight excluding hydrogens is 386 g/mol. The van der Waals surface area contributed by atoms with Gasteiger partial charge in [0.1, 0.15) is 0 Å². The van der Waals surface area contributed by atoms with Crippen molar-refractivity contribution in [3.05, 3.63) is 41.6 Å². The molecule has 1 aromatic carbocycles. The van der Waals surface area contributed by atoms with Crippen LogP contribution in [0.15, 0.2) is 33.6 Å². The summed E-state index contributed by atoms with van der Waals surface area (Å²) in [6, 6.07) is 7.25. The van der Waals surface area contributed by atoms with E-state index in [4.69, 9.17) is 4.42 Å². The molecule has 29 heavy (non-hydrogen) atoms. The average molecular weight is 420 g/mol. The van der Waals surface area contributed by atoms with E-state index >= 15 is 0 Å². The molecule has 1 fully saturated rings. The number of benzene rings is 1. The second-order valence-electron chi connectivity index (χ2n) is 10.2. The van der Waals surface area contributed by atoms with Crippen LogP contribution in [0.2, 0.25) is 0 Å². The van der Waals surface area contributed by atoms with Crippen LogP contribution in [0.3, 0.4) is 0 Å². The molecule has 1 aliphatic heterocycles. The molecule has 3 rings (SSSR count). The highest BCUT2D eigenvalue weighted by molar-refractivity contribution is 7.89. The van der Waals surface area contributed by atoms with Gasteiger partial charge >= 0.3 is 0 Å². The Labute approximate surface area is 174 Å². The molecule has 1 aliphatic rings. The van der Waals surface area contributed by atoms with Crippen LogP contribution >= 0.6 is 0 Å². The minimum absolute atomic E-state index is 0.0127. The van der Waals surface area contributed by atoms with E-state index in [0.29, 0.717) is 36.2 Å². The van der Waals surface area contributed by atoms with Gasteiger partial charge in [0.2, 0.25) is 21.8 Å². The van der Waals surface area contributed by atoms with E-state index in [2.05, 4.69) is 51.7 Å². The molecule has 1 atom stereocenters. The van der Waals surface area contributed by atoms with Crippen molar-refractivity contribution in [2.45, 2.75) is 77.0 Å². The predicted octanol–water partition coefficient (Wildman–Crippen LogP) is 4.52. The first kappa shape index (κ1) is 22.0. The second kappa shape index (κ2) is 7.84. The summed E-state index contributed by atoms with van der Waals surface area (Å²) in [5.41, 5.74) is 1.16. The van der Waals surface area contributed by atoms with Crippen LogP contribution in [0, 0.1) is 5.41 Å². The smallest absolute Gasteiger partial charge is 0.243 e. The summed E-state index contributed by atoms with van der Waals surface area (Å²) in [6.07, 6.45) is 2.34. The van der Waals surface area contributed by atoms with E-state index in [1.165, 1.54) is 0 Å². The minimum atomic E-state index is -3.54. The van der Waals surface area contributed by atoms with Crippen molar-refractivity contribution in [3.63, 3.8) is 0 Å². The Kier molecular flexibility index (Phi) is 5.94. The number of piperidine rings is 1.